The van der Waals surface area contributed by atoms with E-state index in [1.165, 1.54) is 44.1 Å². The molecule has 0 spiro atoms. The molecule has 3 radical (unpaired) electrons. The predicted molar refractivity (Wildman–Crippen MR) is 380 cm³/mol. The van der Waals surface area contributed by atoms with E-state index < -0.39 is 28.2 Å². The quantitative estimate of drug-likeness (QED) is 0.0699. The van der Waals surface area contributed by atoms with Gasteiger partial charge in [-0.25, -0.2) is 0 Å². The Balaban J connectivity index is 0.000000185. The van der Waals surface area contributed by atoms with Crippen molar-refractivity contribution in [1.82, 2.24) is 10.6 Å². The van der Waals surface area contributed by atoms with E-state index in [1.54, 1.807) is 42.5 Å². The zero-order chi connectivity index (χ0) is 65.5. The van der Waals surface area contributed by atoms with Crippen molar-refractivity contribution in [2.75, 3.05) is 32.8 Å². The minimum atomic E-state index is -0.929. The number of carboxylic acid groups (broad SMARTS) is 2. The molecule has 94 heavy (non-hydrogen) atoms. The summed E-state index contributed by atoms with van der Waals surface area (Å²) >= 11 is 60.2. The summed E-state index contributed by atoms with van der Waals surface area (Å²) in [6.45, 7) is 6.01. The zero-order valence-electron chi connectivity index (χ0n) is 53.2. The number of carbonyl (C=O) groups excluding carboxylic acids is 2. The maximum absolute atomic E-state index is 12.3. The molecule has 3 heterocycles. The van der Waals surface area contributed by atoms with Crippen LogP contribution in [0.2, 0.25) is 50.2 Å². The van der Waals surface area contributed by atoms with Gasteiger partial charge in [0.15, 0.2) is 0 Å². The van der Waals surface area contributed by atoms with Crippen LogP contribution in [0.25, 0.3) is 0 Å². The molecule has 3 saturated heterocycles. The molecule has 0 aromatic heterocycles. The Hall–Kier alpha value is -1.54. The van der Waals surface area contributed by atoms with Gasteiger partial charge in [-0.1, -0.05) is 224 Å². The van der Waals surface area contributed by atoms with Crippen molar-refractivity contribution in [2.24, 2.45) is 35.3 Å². The summed E-state index contributed by atoms with van der Waals surface area (Å²) in [7, 11) is 0. The number of halogens is 10. The number of nitrogens with two attached hydrogens (primary N) is 1. The molecule has 503 valence electrons. The first-order valence-corrected chi connectivity index (χ1v) is 35.9. The number of aliphatic carboxylic acids is 2. The summed E-state index contributed by atoms with van der Waals surface area (Å²) in [6.07, 6.45) is 21.7. The van der Waals surface area contributed by atoms with Crippen LogP contribution in [-0.4, -0.2) is 80.7 Å². The molecule has 11 nitrogen and oxygen atoms in total. The van der Waals surface area contributed by atoms with E-state index >= 15 is 0 Å². The fourth-order valence-corrected chi connectivity index (χ4v) is 18.4. The van der Waals surface area contributed by atoms with Gasteiger partial charge in [0.05, 0.1) is 78.5 Å². The molecule has 10 atom stereocenters. The SMILES string of the molecule is CC[C@@H]1CCCC[C@@]1(C(=O)O)c1ccc(Cl)c(Cl)c1.Clc1ccc([C@]23CCCC[C@H]2CNC3)cc1Cl.NC[C@@H]1CCCC[C@@]1(C(=O)O)c1ccc(Cl)c(Cl)c1.O=C1NC[C@@H]2CCCC[C@]12c1ccc(Cl)c(Cl)c1.O=C1OC[C@@H]2CCCC[C@]12c1ccc(Cl)c(Cl)c1.[B].[K+].[OH-]. The number of fused-ring (bicyclic) bond motifs is 3. The van der Waals surface area contributed by atoms with Crippen LogP contribution in [0.4, 0.5) is 0 Å². The second-order valence-electron chi connectivity index (χ2n) is 26.1. The predicted octanol–water partition coefficient (Wildman–Crippen LogP) is 16.4. The van der Waals surface area contributed by atoms with Crippen LogP contribution in [-0.2, 0) is 51.0 Å². The molecule has 7 N–H and O–H groups in total. The average Bonchev–Trinajstić information content (AvgIpc) is 1.38. The number of rotatable bonds is 9. The van der Waals surface area contributed by atoms with Crippen LogP contribution in [0, 0.1) is 29.6 Å². The Morgan fingerprint density at radius 2 is 0.872 bits per heavy atom. The summed E-state index contributed by atoms with van der Waals surface area (Å²) < 4.78 is 5.31. The molecule has 5 aliphatic carbocycles. The van der Waals surface area contributed by atoms with Crippen molar-refractivity contribution >= 4 is 148 Å². The van der Waals surface area contributed by atoms with Crippen LogP contribution in [0.5, 0.6) is 0 Å². The van der Waals surface area contributed by atoms with E-state index in [0.29, 0.717) is 93.1 Å². The largest absolute Gasteiger partial charge is 1.00 e. The van der Waals surface area contributed by atoms with Gasteiger partial charge >= 0.3 is 69.3 Å². The van der Waals surface area contributed by atoms with Gasteiger partial charge in [0.2, 0.25) is 5.91 Å². The Labute approximate surface area is 648 Å². The summed E-state index contributed by atoms with van der Waals surface area (Å²) in [5.74, 6) is 0.0714. The van der Waals surface area contributed by atoms with Crippen LogP contribution in [0.1, 0.15) is 170 Å². The van der Waals surface area contributed by atoms with Gasteiger partial charge in [-0.15, -0.1) is 0 Å². The normalized spacial score (nSPS) is 28.7. The van der Waals surface area contributed by atoms with Crippen molar-refractivity contribution in [1.29, 1.82) is 0 Å². The number of hydrogen-bond donors (Lipinski definition) is 5. The maximum Gasteiger partial charge on any atom is 1.00 e. The van der Waals surface area contributed by atoms with Crippen LogP contribution in [0.15, 0.2) is 91.0 Å². The number of esters is 1. The third-order valence-electron chi connectivity index (χ3n) is 21.8. The summed E-state index contributed by atoms with van der Waals surface area (Å²) in [5, 5.41) is 31.4. The van der Waals surface area contributed by atoms with Crippen LogP contribution in [0.3, 0.4) is 0 Å². The molecule has 8 fully saturated rings. The molecule has 0 bridgehead atoms. The third kappa shape index (κ3) is 16.7. The third-order valence-corrected chi connectivity index (χ3v) is 25.5. The van der Waals surface area contributed by atoms with Gasteiger partial charge in [0.1, 0.15) is 0 Å². The Morgan fingerprint density at radius 1 is 0.489 bits per heavy atom. The molecular weight excluding hydrogens is 1430 g/mol. The van der Waals surface area contributed by atoms with Gasteiger partial charge < -0.3 is 36.8 Å². The van der Waals surface area contributed by atoms with Crippen molar-refractivity contribution < 1.29 is 91.0 Å². The molecule has 0 unspecified atom stereocenters. The van der Waals surface area contributed by atoms with Gasteiger partial charge in [0, 0.05) is 32.8 Å². The summed E-state index contributed by atoms with van der Waals surface area (Å²) in [6, 6.07) is 27.7. The van der Waals surface area contributed by atoms with E-state index in [4.69, 9.17) is 126 Å². The van der Waals surface area contributed by atoms with Gasteiger partial charge in [-0.3, -0.25) is 19.2 Å². The number of cyclic esters (lactones) is 1. The van der Waals surface area contributed by atoms with Gasteiger partial charge in [0.25, 0.3) is 0 Å². The van der Waals surface area contributed by atoms with Gasteiger partial charge in [-0.05, 0) is 189 Å². The van der Waals surface area contributed by atoms with E-state index in [-0.39, 0.29) is 100 Å². The number of hydrogen-bond acceptors (Lipinski definition) is 8. The first-order valence-electron chi connectivity index (χ1n) is 32.2. The second kappa shape index (κ2) is 35.9. The summed E-state index contributed by atoms with van der Waals surface area (Å²) in [5.41, 5.74) is 8.40. The number of carbonyl (C=O) groups is 4. The molecule has 3 aliphatic heterocycles. The molecule has 23 heteroatoms. The van der Waals surface area contributed by atoms with Crippen molar-refractivity contribution in [3.8, 4) is 0 Å². The second-order valence-corrected chi connectivity index (χ2v) is 30.2. The molecule has 5 aromatic carbocycles. The number of benzene rings is 5. The standard InChI is InChI=1S/C15H18Cl2O2.C14H17Cl2NO2.C14H15Cl2NO.C14H17Cl2N.C14H14Cl2O2.B.K.H2O/c1-2-10-5-3-4-8-15(10,14(18)19)11-6-7-12(16)13(17)9-11;15-11-5-4-9(7-12(11)16)14(13(18)19)6-2-1-3-10(14)8-17;15-11-5-4-9(7-12(11)16)14-6-2-1-3-10(14)8-17-13(14)18;15-12-5-4-10(7-13(12)16)14-6-2-1-3-11(14)8-17-9-14;15-11-5-4-9(7-12(11)16)14-6-2-1-3-10(14)8-18-13(14)17;;;/h6-7,9-10H,2-5,8H2,1H3,(H,18,19);4-5,7,10H,1-3,6,8,17H2,(H,18,19);4-5,7,10H,1-3,6,8H2,(H,17,18);4-5,7,11,17H,1-3,6,8-9H2;4-5,7,10H,1-3,6,8H2;;;1H2/q;;;;;;+1;/p-1/t10-,15+;2*10-,14+;11-,14+;10-,14+;;;/m10000.../s1. The van der Waals surface area contributed by atoms with Gasteiger partial charge in [-0.2, -0.15) is 0 Å². The fourth-order valence-electron chi connectivity index (χ4n) is 16.9. The van der Waals surface area contributed by atoms with Crippen molar-refractivity contribution in [3.63, 3.8) is 0 Å². The minimum absolute atomic E-state index is 0. The first-order chi connectivity index (χ1) is 43.5. The van der Waals surface area contributed by atoms with Crippen molar-refractivity contribution in [2.45, 2.75) is 169 Å². The molecule has 1 amide bonds. The van der Waals surface area contributed by atoms with E-state index in [9.17, 15) is 29.4 Å². The molecule has 8 aliphatic rings. The van der Waals surface area contributed by atoms with E-state index in [0.717, 1.165) is 126 Å². The van der Waals surface area contributed by atoms with Crippen LogP contribution < -0.4 is 67.8 Å². The molecule has 13 rings (SSSR count). The number of amides is 1. The smallest absolute Gasteiger partial charge is 0.870 e. The van der Waals surface area contributed by atoms with Crippen LogP contribution >= 0.6 is 116 Å². The number of nitrogens with one attached hydrogen (secondary N) is 2. The Bertz CT molecular complexity index is 3290. The molecular formula is C71H82BCl10KN3O8. The summed E-state index contributed by atoms with van der Waals surface area (Å²) in [4.78, 5) is 48.4. The Kier molecular flexibility index (Phi) is 31.1. The maximum atomic E-state index is 12.3. The number of ether oxygens (including phenoxy) is 1. The fraction of sp³-hybridized carbons (Fsp3) is 0.521. The Morgan fingerprint density at radius 3 is 1.35 bits per heavy atom. The zero-order valence-corrected chi connectivity index (χ0v) is 63.9. The monoisotopic (exact) mass is 1500 g/mol. The first kappa shape index (κ1) is 81.4. The van der Waals surface area contributed by atoms with E-state index in [2.05, 4.69) is 29.7 Å². The topological polar surface area (TPSA) is 198 Å². The number of carboxylic acids is 2. The van der Waals surface area contributed by atoms with Crippen molar-refractivity contribution in [3.05, 3.63) is 169 Å². The average molecular weight is 1510 g/mol. The molecule has 5 aromatic rings. The van der Waals surface area contributed by atoms with E-state index in [1.807, 2.05) is 36.4 Å². The molecule has 5 saturated carbocycles. The minimum Gasteiger partial charge on any atom is -0.870 e.